The van der Waals surface area contributed by atoms with E-state index in [4.69, 9.17) is 0 Å². The lowest BCUT2D eigenvalue weighted by molar-refractivity contribution is -0.130. The summed E-state index contributed by atoms with van der Waals surface area (Å²) in [5.41, 5.74) is 2.47. The molecule has 2 rings (SSSR count). The lowest BCUT2D eigenvalue weighted by atomic mass is 10.1. The van der Waals surface area contributed by atoms with Crippen LogP contribution >= 0.6 is 27.3 Å². The van der Waals surface area contributed by atoms with Crippen molar-refractivity contribution in [2.45, 2.75) is 26.3 Å². The summed E-state index contributed by atoms with van der Waals surface area (Å²) < 4.78 is 1.10. The molecule has 0 saturated heterocycles. The molecule has 4 heteroatoms. The van der Waals surface area contributed by atoms with Gasteiger partial charge in [0, 0.05) is 18.3 Å². The Kier molecular flexibility index (Phi) is 5.38. The molecule has 0 saturated carbocycles. The van der Waals surface area contributed by atoms with Crippen LogP contribution in [0.25, 0.3) is 0 Å². The van der Waals surface area contributed by atoms with Gasteiger partial charge in [0.15, 0.2) is 0 Å². The second-order valence-corrected chi connectivity index (χ2v) is 7.49. The Morgan fingerprint density at radius 3 is 2.50 bits per heavy atom. The maximum atomic E-state index is 12.1. The summed E-state index contributed by atoms with van der Waals surface area (Å²) in [5, 5.41) is 0. The topological polar surface area (TPSA) is 20.3 Å². The van der Waals surface area contributed by atoms with Gasteiger partial charge in [0.25, 0.3) is 0 Å². The summed E-state index contributed by atoms with van der Waals surface area (Å²) in [6.45, 7) is 2.75. The highest BCUT2D eigenvalue weighted by Crippen LogP contribution is 2.23. The Labute approximate surface area is 132 Å². The third kappa shape index (κ3) is 4.46. The Morgan fingerprint density at radius 2 is 1.90 bits per heavy atom. The molecule has 0 aliphatic rings. The van der Waals surface area contributed by atoms with E-state index in [0.29, 0.717) is 13.0 Å². The number of hydrogen-bond acceptors (Lipinski definition) is 2. The van der Waals surface area contributed by atoms with Crippen molar-refractivity contribution in [1.29, 1.82) is 0 Å². The first-order chi connectivity index (χ1) is 9.54. The highest BCUT2D eigenvalue weighted by Gasteiger charge is 2.10. The lowest BCUT2D eigenvalue weighted by Crippen LogP contribution is -2.25. The quantitative estimate of drug-likeness (QED) is 0.781. The zero-order chi connectivity index (χ0) is 14.5. The minimum absolute atomic E-state index is 0.190. The van der Waals surface area contributed by atoms with Gasteiger partial charge in [-0.25, -0.2) is 0 Å². The number of halogens is 1. The van der Waals surface area contributed by atoms with Crippen LogP contribution in [0.2, 0.25) is 0 Å². The highest BCUT2D eigenvalue weighted by atomic mass is 79.9. The lowest BCUT2D eigenvalue weighted by Gasteiger charge is -2.16. The summed E-state index contributed by atoms with van der Waals surface area (Å²) >= 11 is 5.11. The number of carbonyl (C=O) groups is 1. The van der Waals surface area contributed by atoms with Crippen LogP contribution in [-0.4, -0.2) is 17.9 Å². The van der Waals surface area contributed by atoms with E-state index < -0.39 is 0 Å². The summed E-state index contributed by atoms with van der Waals surface area (Å²) in [5.74, 6) is 0.190. The predicted molar refractivity (Wildman–Crippen MR) is 88.0 cm³/mol. The zero-order valence-corrected chi connectivity index (χ0v) is 14.1. The van der Waals surface area contributed by atoms with Crippen LogP contribution in [0, 0.1) is 6.92 Å². The van der Waals surface area contributed by atoms with Crippen LogP contribution < -0.4 is 0 Å². The molecule has 2 aromatic rings. The van der Waals surface area contributed by atoms with Gasteiger partial charge in [0.1, 0.15) is 0 Å². The monoisotopic (exact) mass is 351 g/mol. The molecule has 20 heavy (non-hydrogen) atoms. The normalized spacial score (nSPS) is 10.6. The largest absolute Gasteiger partial charge is 0.341 e. The van der Waals surface area contributed by atoms with Crippen molar-refractivity contribution in [1.82, 2.24) is 4.90 Å². The molecule has 0 atom stereocenters. The molecule has 2 nitrogen and oxygen atoms in total. The van der Waals surface area contributed by atoms with E-state index in [9.17, 15) is 4.79 Å². The molecular weight excluding hydrogens is 334 g/mol. The highest BCUT2D eigenvalue weighted by molar-refractivity contribution is 9.11. The number of carbonyl (C=O) groups excluding carboxylic acids is 1. The molecule has 0 aliphatic heterocycles. The average molecular weight is 352 g/mol. The van der Waals surface area contributed by atoms with Gasteiger partial charge < -0.3 is 4.90 Å². The minimum atomic E-state index is 0.190. The minimum Gasteiger partial charge on any atom is -0.341 e. The van der Waals surface area contributed by atoms with Crippen molar-refractivity contribution in [2.24, 2.45) is 0 Å². The Morgan fingerprint density at radius 1 is 1.20 bits per heavy atom. The molecule has 1 heterocycles. The van der Waals surface area contributed by atoms with Crippen LogP contribution in [0.15, 0.2) is 40.2 Å². The third-order valence-corrected chi connectivity index (χ3v) is 4.80. The molecule has 0 fully saturated rings. The Hall–Kier alpha value is -1.13. The number of nitrogens with zero attached hydrogens (tertiary/aromatic N) is 1. The van der Waals surface area contributed by atoms with E-state index in [2.05, 4.69) is 53.2 Å². The molecular formula is C16H18BrNOS. The number of amides is 1. The van der Waals surface area contributed by atoms with E-state index in [1.54, 1.807) is 16.2 Å². The first kappa shape index (κ1) is 15.3. The van der Waals surface area contributed by atoms with Gasteiger partial charge in [0.05, 0.1) is 10.3 Å². The van der Waals surface area contributed by atoms with Crippen LogP contribution in [-0.2, 0) is 17.8 Å². The van der Waals surface area contributed by atoms with Crippen LogP contribution in [0.3, 0.4) is 0 Å². The Balaban J connectivity index is 1.83. The number of thiophene rings is 1. The first-order valence-corrected chi connectivity index (χ1v) is 8.19. The van der Waals surface area contributed by atoms with Gasteiger partial charge in [-0.3, -0.25) is 4.79 Å². The molecule has 0 N–H and O–H groups in total. The number of hydrogen-bond donors (Lipinski definition) is 0. The maximum absolute atomic E-state index is 12.1. The van der Waals surface area contributed by atoms with Crippen molar-refractivity contribution in [3.8, 4) is 0 Å². The molecule has 0 spiro atoms. The summed E-state index contributed by atoms with van der Waals surface area (Å²) in [7, 11) is 1.87. The van der Waals surface area contributed by atoms with Crippen molar-refractivity contribution >= 4 is 33.2 Å². The van der Waals surface area contributed by atoms with Crippen molar-refractivity contribution in [2.75, 3.05) is 7.05 Å². The summed E-state index contributed by atoms with van der Waals surface area (Å²) in [6, 6.07) is 12.4. The van der Waals surface area contributed by atoms with Gasteiger partial charge in [-0.1, -0.05) is 29.8 Å². The standard InChI is InChI=1S/C16H18BrNOS/c1-12-3-5-13(6-4-12)7-10-16(19)18(2)11-14-8-9-15(17)20-14/h3-6,8-9H,7,10-11H2,1-2H3. The van der Waals surface area contributed by atoms with E-state index >= 15 is 0 Å². The molecule has 1 aromatic heterocycles. The zero-order valence-electron chi connectivity index (χ0n) is 11.7. The van der Waals surface area contributed by atoms with E-state index in [1.165, 1.54) is 16.0 Å². The third-order valence-electron chi connectivity index (χ3n) is 3.20. The van der Waals surface area contributed by atoms with E-state index in [1.807, 2.05) is 13.1 Å². The second-order valence-electron chi connectivity index (χ2n) is 4.94. The molecule has 0 radical (unpaired) electrons. The predicted octanol–water partition coefficient (Wildman–Crippen LogP) is 4.41. The van der Waals surface area contributed by atoms with Gasteiger partial charge >= 0.3 is 0 Å². The fraction of sp³-hybridized carbons (Fsp3) is 0.312. The van der Waals surface area contributed by atoms with Crippen LogP contribution in [0.5, 0.6) is 0 Å². The van der Waals surface area contributed by atoms with Gasteiger partial charge in [-0.15, -0.1) is 11.3 Å². The van der Waals surface area contributed by atoms with Gasteiger partial charge in [-0.2, -0.15) is 0 Å². The number of aryl methyl sites for hydroxylation is 2. The smallest absolute Gasteiger partial charge is 0.222 e. The summed E-state index contributed by atoms with van der Waals surface area (Å²) in [6.07, 6.45) is 1.36. The SMILES string of the molecule is Cc1ccc(CCC(=O)N(C)Cc2ccc(Br)s2)cc1. The van der Waals surface area contributed by atoms with Crippen LogP contribution in [0.1, 0.15) is 22.4 Å². The summed E-state index contributed by atoms with van der Waals surface area (Å²) in [4.78, 5) is 15.1. The van der Waals surface area contributed by atoms with Crippen molar-refractivity contribution in [3.63, 3.8) is 0 Å². The fourth-order valence-electron chi connectivity index (χ4n) is 1.96. The second kappa shape index (κ2) is 7.04. The fourth-order valence-corrected chi connectivity index (χ4v) is 3.49. The first-order valence-electron chi connectivity index (χ1n) is 6.58. The maximum Gasteiger partial charge on any atom is 0.222 e. The van der Waals surface area contributed by atoms with Crippen molar-refractivity contribution < 1.29 is 4.79 Å². The van der Waals surface area contributed by atoms with Crippen LogP contribution in [0.4, 0.5) is 0 Å². The van der Waals surface area contributed by atoms with Gasteiger partial charge in [0.2, 0.25) is 5.91 Å². The molecule has 106 valence electrons. The number of rotatable bonds is 5. The van der Waals surface area contributed by atoms with E-state index in [-0.39, 0.29) is 5.91 Å². The number of benzene rings is 1. The Bertz CT molecular complexity index is 576. The molecule has 0 unspecified atom stereocenters. The van der Waals surface area contributed by atoms with Gasteiger partial charge in [-0.05, 0) is 47.0 Å². The van der Waals surface area contributed by atoms with Crippen molar-refractivity contribution in [3.05, 3.63) is 56.2 Å². The van der Waals surface area contributed by atoms with E-state index in [0.717, 1.165) is 10.2 Å². The molecule has 0 bridgehead atoms. The molecule has 0 aliphatic carbocycles. The molecule has 1 aromatic carbocycles. The average Bonchev–Trinajstić information content (AvgIpc) is 2.83. The molecule has 1 amide bonds.